The molecule has 1 saturated heterocycles. The fourth-order valence-electron chi connectivity index (χ4n) is 3.72. The van der Waals surface area contributed by atoms with Crippen molar-refractivity contribution in [2.24, 2.45) is 0 Å². The molecule has 1 fully saturated rings. The Morgan fingerprint density at radius 2 is 1.88 bits per heavy atom. The van der Waals surface area contributed by atoms with Crippen molar-refractivity contribution < 1.29 is 0 Å². The topological polar surface area (TPSA) is 46.3 Å². The molecule has 3 heterocycles. The summed E-state index contributed by atoms with van der Waals surface area (Å²) in [7, 11) is 0. The van der Waals surface area contributed by atoms with Gasteiger partial charge in [0.05, 0.1) is 0 Å². The summed E-state index contributed by atoms with van der Waals surface area (Å²) in [5.41, 5.74) is 3.26. The van der Waals surface area contributed by atoms with Crippen LogP contribution in [0.2, 0.25) is 0 Å². The van der Waals surface area contributed by atoms with Crippen molar-refractivity contribution in [2.75, 3.05) is 11.4 Å². The molecule has 0 bridgehead atoms. The Morgan fingerprint density at radius 3 is 2.64 bits per heavy atom. The van der Waals surface area contributed by atoms with Crippen LogP contribution in [0.1, 0.15) is 43.9 Å². The molecule has 0 N–H and O–H groups in total. The second-order valence-corrected chi connectivity index (χ2v) is 7.02. The van der Waals surface area contributed by atoms with E-state index in [1.54, 1.807) is 0 Å². The van der Waals surface area contributed by atoms with E-state index < -0.39 is 0 Å². The minimum atomic E-state index is 0.575. The van der Waals surface area contributed by atoms with E-state index in [9.17, 15) is 0 Å². The van der Waals surface area contributed by atoms with E-state index in [0.29, 0.717) is 11.8 Å². The van der Waals surface area contributed by atoms with Crippen molar-refractivity contribution in [3.8, 4) is 11.4 Å². The largest absolute Gasteiger partial charge is 0.353 e. The first-order chi connectivity index (χ1) is 12.2. The maximum atomic E-state index is 4.80. The SMILES string of the molecule is CC[C@H]1CCCCN1c1cc(C)nc2nc(-c3ccc(C)cc3)nn12. The maximum absolute atomic E-state index is 4.80. The van der Waals surface area contributed by atoms with Crippen LogP contribution in [0.25, 0.3) is 17.2 Å². The number of rotatable bonds is 3. The second kappa shape index (κ2) is 6.47. The number of nitrogens with zero attached hydrogens (tertiary/aromatic N) is 5. The molecule has 4 rings (SSSR count). The first kappa shape index (κ1) is 16.1. The van der Waals surface area contributed by atoms with E-state index >= 15 is 0 Å². The van der Waals surface area contributed by atoms with Gasteiger partial charge in [0.25, 0.3) is 5.78 Å². The first-order valence-corrected chi connectivity index (χ1v) is 9.24. The van der Waals surface area contributed by atoms with Crippen LogP contribution in [0.5, 0.6) is 0 Å². The number of benzene rings is 1. The minimum absolute atomic E-state index is 0.575. The molecule has 0 radical (unpaired) electrons. The van der Waals surface area contributed by atoms with E-state index in [0.717, 1.165) is 35.9 Å². The molecule has 0 aliphatic carbocycles. The lowest BCUT2D eigenvalue weighted by molar-refractivity contribution is 0.444. The van der Waals surface area contributed by atoms with Gasteiger partial charge in [0.15, 0.2) is 5.82 Å². The van der Waals surface area contributed by atoms with Gasteiger partial charge in [-0.3, -0.25) is 0 Å². The fourth-order valence-corrected chi connectivity index (χ4v) is 3.72. The van der Waals surface area contributed by atoms with Crippen molar-refractivity contribution >= 4 is 11.6 Å². The molecule has 1 aliphatic heterocycles. The van der Waals surface area contributed by atoms with Gasteiger partial charge < -0.3 is 4.90 Å². The third kappa shape index (κ3) is 2.99. The molecule has 130 valence electrons. The van der Waals surface area contributed by atoms with Gasteiger partial charge in [-0.15, -0.1) is 5.10 Å². The molecule has 0 unspecified atom stereocenters. The normalized spacial score (nSPS) is 18.0. The average molecular weight is 335 g/mol. The van der Waals surface area contributed by atoms with Gasteiger partial charge in [-0.2, -0.15) is 9.50 Å². The van der Waals surface area contributed by atoms with Gasteiger partial charge in [0.2, 0.25) is 0 Å². The lowest BCUT2D eigenvalue weighted by Crippen LogP contribution is -2.40. The fraction of sp³-hybridized carbons (Fsp3) is 0.450. The Morgan fingerprint density at radius 1 is 1.08 bits per heavy atom. The van der Waals surface area contributed by atoms with Gasteiger partial charge in [0, 0.05) is 29.9 Å². The van der Waals surface area contributed by atoms with Crippen LogP contribution in [-0.2, 0) is 0 Å². The monoisotopic (exact) mass is 335 g/mol. The van der Waals surface area contributed by atoms with Gasteiger partial charge in [0.1, 0.15) is 5.82 Å². The summed E-state index contributed by atoms with van der Waals surface area (Å²) in [6, 6.07) is 11.1. The number of aryl methyl sites for hydroxylation is 2. The first-order valence-electron chi connectivity index (χ1n) is 9.24. The highest BCUT2D eigenvalue weighted by Crippen LogP contribution is 2.28. The van der Waals surface area contributed by atoms with Crippen molar-refractivity contribution in [1.29, 1.82) is 0 Å². The van der Waals surface area contributed by atoms with Gasteiger partial charge in [-0.05, 0) is 39.5 Å². The molecule has 0 saturated carbocycles. The van der Waals surface area contributed by atoms with Crippen LogP contribution in [0.3, 0.4) is 0 Å². The van der Waals surface area contributed by atoms with Crippen LogP contribution >= 0.6 is 0 Å². The third-order valence-corrected chi connectivity index (χ3v) is 5.12. The Kier molecular flexibility index (Phi) is 4.15. The molecule has 5 nitrogen and oxygen atoms in total. The summed E-state index contributed by atoms with van der Waals surface area (Å²) in [5, 5.41) is 4.80. The van der Waals surface area contributed by atoms with Gasteiger partial charge in [-0.1, -0.05) is 36.8 Å². The molecule has 3 aromatic rings. The Balaban J connectivity index is 1.83. The lowest BCUT2D eigenvalue weighted by Gasteiger charge is -2.36. The van der Waals surface area contributed by atoms with E-state index in [4.69, 9.17) is 10.1 Å². The van der Waals surface area contributed by atoms with Crippen molar-refractivity contribution in [1.82, 2.24) is 19.6 Å². The highest BCUT2D eigenvalue weighted by Gasteiger charge is 2.24. The number of anilines is 1. The number of aromatic nitrogens is 4. The summed E-state index contributed by atoms with van der Waals surface area (Å²) >= 11 is 0. The molecule has 5 heteroatoms. The van der Waals surface area contributed by atoms with Crippen LogP contribution in [0.4, 0.5) is 5.82 Å². The van der Waals surface area contributed by atoms with Crippen molar-refractivity contribution in [3.63, 3.8) is 0 Å². The van der Waals surface area contributed by atoms with Crippen LogP contribution < -0.4 is 4.90 Å². The molecule has 0 amide bonds. The second-order valence-electron chi connectivity index (χ2n) is 7.02. The van der Waals surface area contributed by atoms with Crippen LogP contribution in [-0.4, -0.2) is 32.2 Å². The molecule has 25 heavy (non-hydrogen) atoms. The minimum Gasteiger partial charge on any atom is -0.353 e. The predicted octanol–water partition coefficient (Wildman–Crippen LogP) is 4.18. The summed E-state index contributed by atoms with van der Waals surface area (Å²) in [5.74, 6) is 2.55. The standard InChI is InChI=1S/C20H25N5/c1-4-17-7-5-6-12-24(17)18-13-15(3)21-20-22-19(23-25(18)20)16-10-8-14(2)9-11-16/h8-11,13,17H,4-7,12H2,1-3H3/t17-/m0/s1. The predicted molar refractivity (Wildman–Crippen MR) is 101 cm³/mol. The highest BCUT2D eigenvalue weighted by atomic mass is 15.4. The molecule has 2 aromatic heterocycles. The summed E-state index contributed by atoms with van der Waals surface area (Å²) in [4.78, 5) is 11.8. The quantitative estimate of drug-likeness (QED) is 0.720. The number of hydrogen-bond acceptors (Lipinski definition) is 4. The Hall–Kier alpha value is -2.43. The highest BCUT2D eigenvalue weighted by molar-refractivity contribution is 5.59. The molecular weight excluding hydrogens is 310 g/mol. The number of fused-ring (bicyclic) bond motifs is 1. The number of hydrogen-bond donors (Lipinski definition) is 0. The Labute approximate surface area is 148 Å². The zero-order valence-electron chi connectivity index (χ0n) is 15.2. The zero-order valence-corrected chi connectivity index (χ0v) is 15.2. The van der Waals surface area contributed by atoms with E-state index in [1.807, 2.05) is 11.4 Å². The maximum Gasteiger partial charge on any atom is 0.254 e. The van der Waals surface area contributed by atoms with E-state index in [1.165, 1.54) is 24.8 Å². The average Bonchev–Trinajstić information content (AvgIpc) is 3.05. The van der Waals surface area contributed by atoms with Crippen molar-refractivity contribution in [2.45, 2.75) is 52.5 Å². The van der Waals surface area contributed by atoms with E-state index in [-0.39, 0.29) is 0 Å². The lowest BCUT2D eigenvalue weighted by atomic mass is 10.00. The third-order valence-electron chi connectivity index (χ3n) is 5.12. The van der Waals surface area contributed by atoms with E-state index in [2.05, 4.69) is 54.1 Å². The van der Waals surface area contributed by atoms with Crippen LogP contribution in [0, 0.1) is 13.8 Å². The molecule has 1 atom stereocenters. The molecule has 1 aromatic carbocycles. The summed E-state index contributed by atoms with van der Waals surface area (Å²) in [6.45, 7) is 7.48. The zero-order chi connectivity index (χ0) is 17.4. The number of piperidine rings is 1. The Bertz CT molecular complexity index is 881. The summed E-state index contributed by atoms with van der Waals surface area (Å²) < 4.78 is 1.93. The smallest absolute Gasteiger partial charge is 0.254 e. The molecular formula is C20H25N5. The summed E-state index contributed by atoms with van der Waals surface area (Å²) in [6.07, 6.45) is 4.95. The molecule has 1 aliphatic rings. The van der Waals surface area contributed by atoms with Crippen molar-refractivity contribution in [3.05, 3.63) is 41.6 Å². The van der Waals surface area contributed by atoms with Gasteiger partial charge >= 0.3 is 0 Å². The van der Waals surface area contributed by atoms with Crippen LogP contribution in [0.15, 0.2) is 30.3 Å². The van der Waals surface area contributed by atoms with Gasteiger partial charge in [-0.25, -0.2) is 4.98 Å². The molecule has 0 spiro atoms.